The van der Waals surface area contributed by atoms with Crippen LogP contribution in [0.4, 0.5) is 0 Å². The third-order valence-corrected chi connectivity index (χ3v) is 6.35. The van der Waals surface area contributed by atoms with Crippen LogP contribution in [0, 0.1) is 6.92 Å². The van der Waals surface area contributed by atoms with Gasteiger partial charge >= 0.3 is 0 Å². The lowest BCUT2D eigenvalue weighted by Crippen LogP contribution is -2.29. The highest BCUT2D eigenvalue weighted by Crippen LogP contribution is 2.30. The van der Waals surface area contributed by atoms with Crippen LogP contribution in [0.5, 0.6) is 0 Å². The topological polar surface area (TPSA) is 79.8 Å². The number of carbonyl (C=O) groups excluding carboxylic acids is 1. The molecule has 7 heteroatoms. The summed E-state index contributed by atoms with van der Waals surface area (Å²) in [6.45, 7) is 4.61. The predicted molar refractivity (Wildman–Crippen MR) is 116 cm³/mol. The van der Waals surface area contributed by atoms with E-state index in [1.54, 1.807) is 4.57 Å². The molecule has 6 nitrogen and oxygen atoms in total. The van der Waals surface area contributed by atoms with Crippen molar-refractivity contribution in [1.29, 1.82) is 0 Å². The zero-order valence-corrected chi connectivity index (χ0v) is 17.6. The summed E-state index contributed by atoms with van der Waals surface area (Å²) >= 11 is 1.33. The number of carbonyl (C=O) groups is 1. The lowest BCUT2D eigenvalue weighted by Gasteiger charge is -2.15. The minimum absolute atomic E-state index is 0.0293. The highest BCUT2D eigenvalue weighted by atomic mass is 32.2. The van der Waals surface area contributed by atoms with Gasteiger partial charge in [-0.25, -0.2) is 4.98 Å². The van der Waals surface area contributed by atoms with Gasteiger partial charge in [0, 0.05) is 12.2 Å². The summed E-state index contributed by atoms with van der Waals surface area (Å²) < 4.78 is 1.70. The first kappa shape index (κ1) is 19.8. The second kappa shape index (κ2) is 8.45. The third-order valence-electron chi connectivity index (χ3n) is 5.37. The first-order valence-corrected chi connectivity index (χ1v) is 11.2. The van der Waals surface area contributed by atoms with Gasteiger partial charge in [0.2, 0.25) is 5.91 Å². The summed E-state index contributed by atoms with van der Waals surface area (Å²) in [4.78, 5) is 33.3. The monoisotopic (exact) mass is 410 g/mol. The molecule has 2 heterocycles. The van der Waals surface area contributed by atoms with E-state index in [2.05, 4.69) is 34.3 Å². The van der Waals surface area contributed by atoms with Gasteiger partial charge in [-0.1, -0.05) is 49.4 Å². The molecule has 0 radical (unpaired) electrons. The van der Waals surface area contributed by atoms with E-state index >= 15 is 0 Å². The van der Waals surface area contributed by atoms with Crippen molar-refractivity contribution in [3.63, 3.8) is 0 Å². The zero-order chi connectivity index (χ0) is 20.4. The van der Waals surface area contributed by atoms with Gasteiger partial charge in [0.25, 0.3) is 5.56 Å². The molecule has 1 amide bonds. The van der Waals surface area contributed by atoms with Crippen LogP contribution < -0.4 is 10.9 Å². The fourth-order valence-corrected chi connectivity index (χ4v) is 4.74. The number of benzene rings is 1. The van der Waals surface area contributed by atoms with E-state index in [9.17, 15) is 9.59 Å². The van der Waals surface area contributed by atoms with E-state index < -0.39 is 0 Å². The third kappa shape index (κ3) is 4.10. The highest BCUT2D eigenvalue weighted by molar-refractivity contribution is 7.99. The molecule has 3 aromatic rings. The average molecular weight is 411 g/mol. The quantitative estimate of drug-likeness (QED) is 0.459. The summed E-state index contributed by atoms with van der Waals surface area (Å²) in [6, 6.07) is 10.2. The number of fused-ring (bicyclic) bond motifs is 2. The second-order valence-corrected chi connectivity index (χ2v) is 8.51. The van der Waals surface area contributed by atoms with Crippen LogP contribution in [0.2, 0.25) is 0 Å². The van der Waals surface area contributed by atoms with Crippen molar-refractivity contribution in [3.8, 4) is 0 Å². The van der Waals surface area contributed by atoms with Gasteiger partial charge in [-0.05, 0) is 43.4 Å². The van der Waals surface area contributed by atoms with Crippen molar-refractivity contribution in [2.45, 2.75) is 57.3 Å². The first-order chi connectivity index (χ1) is 14.1. The molecule has 0 aliphatic heterocycles. The van der Waals surface area contributed by atoms with Crippen molar-refractivity contribution < 1.29 is 4.79 Å². The number of unbranched alkanes of at least 4 members (excludes halogenated alkanes) is 1. The molecule has 1 atom stereocenters. The molecule has 29 heavy (non-hydrogen) atoms. The average Bonchev–Trinajstić information content (AvgIpc) is 3.29. The van der Waals surface area contributed by atoms with Crippen LogP contribution in [0.3, 0.4) is 0 Å². The van der Waals surface area contributed by atoms with E-state index in [0.717, 1.165) is 31.4 Å². The number of rotatable bonds is 7. The summed E-state index contributed by atoms with van der Waals surface area (Å²) in [5, 5.41) is 3.75. The smallest absolute Gasteiger partial charge is 0.278 e. The summed E-state index contributed by atoms with van der Waals surface area (Å²) in [7, 11) is 0. The van der Waals surface area contributed by atoms with Crippen molar-refractivity contribution >= 4 is 28.7 Å². The predicted octanol–water partition coefficient (Wildman–Crippen LogP) is 3.73. The molecule has 0 bridgehead atoms. The van der Waals surface area contributed by atoms with Crippen LogP contribution in [-0.2, 0) is 17.8 Å². The molecule has 1 aliphatic carbocycles. The van der Waals surface area contributed by atoms with Gasteiger partial charge in [0.05, 0.1) is 17.3 Å². The molecule has 1 aliphatic rings. The number of H-pyrrole nitrogens is 1. The number of thioether (sulfide) groups is 1. The molecular weight excluding hydrogens is 384 g/mol. The lowest BCUT2D eigenvalue weighted by atomic mass is 10.1. The first-order valence-electron chi connectivity index (χ1n) is 10.2. The number of aryl methyl sites for hydroxylation is 2. The standard InChI is InChI=1S/C22H26N4O2S/c1-3-4-11-26-21(28)20-18(12-14(2)23-20)25-22(26)29-13-19(27)24-17-10-9-15-7-5-6-8-16(15)17/h5-8,12,17,23H,3-4,9-11,13H2,1-2H3,(H,24,27). The molecule has 2 N–H and O–H groups in total. The Balaban J connectivity index is 1.50. The minimum Gasteiger partial charge on any atom is -0.353 e. The Bertz CT molecular complexity index is 1100. The number of hydrogen-bond acceptors (Lipinski definition) is 4. The fraction of sp³-hybridized carbons (Fsp3) is 0.409. The number of aromatic amines is 1. The molecule has 1 unspecified atom stereocenters. The zero-order valence-electron chi connectivity index (χ0n) is 16.8. The lowest BCUT2D eigenvalue weighted by molar-refractivity contribution is -0.119. The minimum atomic E-state index is -0.0656. The Labute approximate surface area is 174 Å². The maximum Gasteiger partial charge on any atom is 0.278 e. The molecule has 0 spiro atoms. The largest absolute Gasteiger partial charge is 0.353 e. The Morgan fingerprint density at radius 3 is 3.03 bits per heavy atom. The van der Waals surface area contributed by atoms with Crippen LogP contribution in [-0.4, -0.2) is 26.2 Å². The number of hydrogen-bond donors (Lipinski definition) is 2. The van der Waals surface area contributed by atoms with Gasteiger partial charge in [-0.2, -0.15) is 0 Å². The van der Waals surface area contributed by atoms with E-state index in [-0.39, 0.29) is 23.3 Å². The van der Waals surface area contributed by atoms with Crippen molar-refractivity contribution in [2.75, 3.05) is 5.75 Å². The molecule has 2 aromatic heterocycles. The van der Waals surface area contributed by atoms with Crippen LogP contribution in [0.25, 0.3) is 11.0 Å². The number of nitrogens with zero attached hydrogens (tertiary/aromatic N) is 2. The van der Waals surface area contributed by atoms with Gasteiger partial charge in [0.1, 0.15) is 5.52 Å². The van der Waals surface area contributed by atoms with Gasteiger partial charge in [-0.15, -0.1) is 0 Å². The Hall–Kier alpha value is -2.54. The van der Waals surface area contributed by atoms with Crippen molar-refractivity contribution in [2.24, 2.45) is 0 Å². The Kier molecular flexibility index (Phi) is 5.76. The fourth-order valence-electron chi connectivity index (χ4n) is 3.91. The highest BCUT2D eigenvalue weighted by Gasteiger charge is 2.23. The molecular formula is C22H26N4O2S. The Morgan fingerprint density at radius 1 is 1.38 bits per heavy atom. The normalized spacial score (nSPS) is 15.6. The van der Waals surface area contributed by atoms with Crippen LogP contribution in [0.15, 0.2) is 40.3 Å². The summed E-state index contributed by atoms with van der Waals surface area (Å²) in [6.07, 6.45) is 3.81. The van der Waals surface area contributed by atoms with E-state index in [1.807, 2.05) is 25.1 Å². The van der Waals surface area contributed by atoms with Gasteiger partial charge in [0.15, 0.2) is 5.16 Å². The summed E-state index contributed by atoms with van der Waals surface area (Å²) in [5.41, 5.74) is 4.57. The number of nitrogens with one attached hydrogen (secondary N) is 2. The number of aromatic nitrogens is 3. The van der Waals surface area contributed by atoms with E-state index in [4.69, 9.17) is 0 Å². The second-order valence-electron chi connectivity index (χ2n) is 7.56. The molecule has 0 fully saturated rings. The maximum atomic E-state index is 12.9. The van der Waals surface area contributed by atoms with Crippen molar-refractivity contribution in [1.82, 2.24) is 19.9 Å². The van der Waals surface area contributed by atoms with Crippen LogP contribution in [0.1, 0.15) is 49.0 Å². The van der Waals surface area contributed by atoms with Crippen LogP contribution >= 0.6 is 11.8 Å². The molecule has 1 aromatic carbocycles. The molecule has 152 valence electrons. The van der Waals surface area contributed by atoms with E-state index in [0.29, 0.717) is 22.7 Å². The molecule has 0 saturated heterocycles. The van der Waals surface area contributed by atoms with Crippen molar-refractivity contribution in [3.05, 3.63) is 57.5 Å². The Morgan fingerprint density at radius 2 is 2.21 bits per heavy atom. The maximum absolute atomic E-state index is 12.9. The van der Waals surface area contributed by atoms with E-state index in [1.165, 1.54) is 22.9 Å². The van der Waals surface area contributed by atoms with Gasteiger partial charge in [-0.3, -0.25) is 14.2 Å². The summed E-state index contributed by atoms with van der Waals surface area (Å²) in [5.74, 6) is 0.213. The number of amides is 1. The molecule has 4 rings (SSSR count). The SMILES string of the molecule is CCCCn1c(SCC(=O)NC2CCc3ccccc32)nc2cc(C)[nH]c2c1=O. The molecule has 0 saturated carbocycles. The van der Waals surface area contributed by atoms with Gasteiger partial charge < -0.3 is 10.3 Å².